The Balaban J connectivity index is 3.11. The highest BCUT2D eigenvalue weighted by atomic mass is 16.6. The minimum Gasteiger partial charge on any atom is -0.496 e. The van der Waals surface area contributed by atoms with Crippen LogP contribution in [-0.4, -0.2) is 37.1 Å². The number of hydrogen-bond acceptors (Lipinski definition) is 6. The summed E-state index contributed by atoms with van der Waals surface area (Å²) in [7, 11) is 2.63. The number of nitrogens with zero attached hydrogens (tertiary/aromatic N) is 1. The molecule has 0 aromatic heterocycles. The zero-order chi connectivity index (χ0) is 17.6. The molecule has 8 nitrogen and oxygen atoms in total. The molecule has 0 saturated carbocycles. The fourth-order valence-electron chi connectivity index (χ4n) is 1.93. The highest BCUT2D eigenvalue weighted by Gasteiger charge is 2.25. The molecule has 1 aromatic carbocycles. The summed E-state index contributed by atoms with van der Waals surface area (Å²) in [5.74, 6) is -0.866. The molecule has 0 radical (unpaired) electrons. The molecule has 1 rings (SSSR count). The van der Waals surface area contributed by atoms with Gasteiger partial charge < -0.3 is 14.8 Å². The summed E-state index contributed by atoms with van der Waals surface area (Å²) in [6, 6.07) is 3.12. The molecule has 0 fully saturated rings. The fourth-order valence-corrected chi connectivity index (χ4v) is 1.93. The van der Waals surface area contributed by atoms with Gasteiger partial charge in [0.15, 0.2) is 0 Å². The smallest absolute Gasteiger partial charge is 0.328 e. The van der Waals surface area contributed by atoms with Crippen LogP contribution in [0.4, 0.5) is 5.69 Å². The van der Waals surface area contributed by atoms with Gasteiger partial charge in [-0.25, -0.2) is 4.79 Å². The second-order valence-corrected chi connectivity index (χ2v) is 5.20. The maximum Gasteiger partial charge on any atom is 0.328 e. The van der Waals surface area contributed by atoms with Crippen LogP contribution >= 0.6 is 0 Å². The van der Waals surface area contributed by atoms with Crippen LogP contribution in [0.1, 0.15) is 19.4 Å². The number of carbonyl (C=O) groups is 2. The zero-order valence-corrected chi connectivity index (χ0v) is 13.5. The standard InChI is InChI=1S/C15H20N2O6/c1-9(2)14(18)16-12(15(19)23-4)8-10-7-11(17(20)21)5-6-13(10)22-3/h5-7,9,12H,8H2,1-4H3,(H,16,18)/t12-/m1/s1. The first-order valence-corrected chi connectivity index (χ1v) is 6.99. The van der Waals surface area contributed by atoms with E-state index in [2.05, 4.69) is 10.1 Å². The van der Waals surface area contributed by atoms with Crippen molar-refractivity contribution in [3.05, 3.63) is 33.9 Å². The first-order valence-electron chi connectivity index (χ1n) is 6.99. The van der Waals surface area contributed by atoms with Gasteiger partial charge in [0.1, 0.15) is 11.8 Å². The number of rotatable bonds is 7. The third-order valence-corrected chi connectivity index (χ3v) is 3.23. The monoisotopic (exact) mass is 324 g/mol. The number of ether oxygens (including phenoxy) is 2. The lowest BCUT2D eigenvalue weighted by molar-refractivity contribution is -0.384. The Labute approximate surface area is 133 Å². The summed E-state index contributed by atoms with van der Waals surface area (Å²) < 4.78 is 9.85. The Kier molecular flexibility index (Phi) is 6.49. The van der Waals surface area contributed by atoms with Crippen LogP contribution in [0, 0.1) is 16.0 Å². The van der Waals surface area contributed by atoms with Gasteiger partial charge in [-0.15, -0.1) is 0 Å². The van der Waals surface area contributed by atoms with E-state index in [4.69, 9.17) is 4.74 Å². The Morgan fingerprint density at radius 2 is 1.96 bits per heavy atom. The molecule has 0 saturated heterocycles. The normalized spacial score (nSPS) is 11.7. The third kappa shape index (κ3) is 4.94. The number of esters is 1. The Morgan fingerprint density at radius 3 is 2.43 bits per heavy atom. The fraction of sp³-hybridized carbons (Fsp3) is 0.467. The summed E-state index contributed by atoms with van der Waals surface area (Å²) in [5.41, 5.74) is 0.306. The van der Waals surface area contributed by atoms with Crippen molar-refractivity contribution in [1.29, 1.82) is 0 Å². The highest BCUT2D eigenvalue weighted by Crippen LogP contribution is 2.25. The minimum absolute atomic E-state index is 0.0238. The first kappa shape index (κ1) is 18.4. The summed E-state index contributed by atoms with van der Waals surface area (Å²) in [5, 5.41) is 13.5. The molecule has 0 aliphatic rings. The lowest BCUT2D eigenvalue weighted by atomic mass is 10.0. The minimum atomic E-state index is -0.953. The van der Waals surface area contributed by atoms with Crippen molar-refractivity contribution in [2.45, 2.75) is 26.3 Å². The maximum absolute atomic E-state index is 11.9. The van der Waals surface area contributed by atoms with Gasteiger partial charge in [-0.3, -0.25) is 14.9 Å². The van der Waals surface area contributed by atoms with Crippen LogP contribution in [0.2, 0.25) is 0 Å². The molecule has 0 aliphatic heterocycles. The van der Waals surface area contributed by atoms with Gasteiger partial charge >= 0.3 is 5.97 Å². The predicted molar refractivity (Wildman–Crippen MR) is 82.1 cm³/mol. The van der Waals surface area contributed by atoms with Crippen molar-refractivity contribution in [2.24, 2.45) is 5.92 Å². The number of nitro groups is 1. The lowest BCUT2D eigenvalue weighted by Gasteiger charge is -2.19. The van der Waals surface area contributed by atoms with Crippen LogP contribution in [0.15, 0.2) is 18.2 Å². The Bertz CT molecular complexity index is 600. The van der Waals surface area contributed by atoms with Crippen molar-refractivity contribution in [2.75, 3.05) is 14.2 Å². The van der Waals surface area contributed by atoms with Crippen molar-refractivity contribution >= 4 is 17.6 Å². The van der Waals surface area contributed by atoms with Gasteiger partial charge in [0.05, 0.1) is 19.1 Å². The molecule has 1 amide bonds. The molecule has 1 atom stereocenters. The maximum atomic E-state index is 11.9. The van der Waals surface area contributed by atoms with Crippen molar-refractivity contribution in [1.82, 2.24) is 5.32 Å². The molecule has 0 aliphatic carbocycles. The van der Waals surface area contributed by atoms with Crippen LogP contribution in [0.5, 0.6) is 5.75 Å². The summed E-state index contributed by atoms with van der Waals surface area (Å²) in [6.07, 6.45) is 0.0238. The van der Waals surface area contributed by atoms with Crippen molar-refractivity contribution < 1.29 is 24.0 Å². The molecule has 0 heterocycles. The van der Waals surface area contributed by atoms with Crippen LogP contribution in [0.3, 0.4) is 0 Å². The second kappa shape index (κ2) is 8.11. The average molecular weight is 324 g/mol. The van der Waals surface area contributed by atoms with Gasteiger partial charge in [0.25, 0.3) is 5.69 Å². The van der Waals surface area contributed by atoms with E-state index in [0.717, 1.165) is 0 Å². The number of hydrogen-bond donors (Lipinski definition) is 1. The van der Waals surface area contributed by atoms with Crippen LogP contribution < -0.4 is 10.1 Å². The summed E-state index contributed by atoms with van der Waals surface area (Å²) in [4.78, 5) is 34.1. The van der Waals surface area contributed by atoms with E-state index in [9.17, 15) is 19.7 Å². The average Bonchev–Trinajstić information content (AvgIpc) is 2.52. The summed E-state index contributed by atoms with van der Waals surface area (Å²) >= 11 is 0. The first-order chi connectivity index (χ1) is 10.8. The molecular weight excluding hydrogens is 304 g/mol. The quantitative estimate of drug-likeness (QED) is 0.462. The molecule has 1 aromatic rings. The van der Waals surface area contributed by atoms with E-state index in [-0.39, 0.29) is 23.9 Å². The van der Waals surface area contributed by atoms with Crippen molar-refractivity contribution in [3.63, 3.8) is 0 Å². The molecule has 0 unspecified atom stereocenters. The third-order valence-electron chi connectivity index (χ3n) is 3.23. The Hall–Kier alpha value is -2.64. The van der Waals surface area contributed by atoms with E-state index in [1.54, 1.807) is 13.8 Å². The van der Waals surface area contributed by atoms with Gasteiger partial charge in [-0.1, -0.05) is 13.8 Å². The van der Waals surface area contributed by atoms with Crippen LogP contribution in [-0.2, 0) is 20.7 Å². The predicted octanol–water partition coefficient (Wildman–Crippen LogP) is 1.46. The number of nitrogens with one attached hydrogen (secondary N) is 1. The molecule has 8 heteroatoms. The van der Waals surface area contributed by atoms with Gasteiger partial charge in [0.2, 0.25) is 5.91 Å². The van der Waals surface area contributed by atoms with E-state index < -0.39 is 16.9 Å². The van der Waals surface area contributed by atoms with Crippen molar-refractivity contribution in [3.8, 4) is 5.75 Å². The topological polar surface area (TPSA) is 108 Å². The number of carbonyl (C=O) groups excluding carboxylic acids is 2. The second-order valence-electron chi connectivity index (χ2n) is 5.20. The number of amides is 1. The molecule has 0 spiro atoms. The Morgan fingerprint density at radius 1 is 1.30 bits per heavy atom. The van der Waals surface area contributed by atoms with Crippen LogP contribution in [0.25, 0.3) is 0 Å². The van der Waals surface area contributed by atoms with Gasteiger partial charge in [-0.05, 0) is 6.07 Å². The lowest BCUT2D eigenvalue weighted by Crippen LogP contribution is -2.44. The van der Waals surface area contributed by atoms with Gasteiger partial charge in [0, 0.05) is 30.0 Å². The molecule has 23 heavy (non-hydrogen) atoms. The number of benzene rings is 1. The number of methoxy groups -OCH3 is 2. The number of nitro benzene ring substituents is 1. The van der Waals surface area contributed by atoms with Gasteiger partial charge in [-0.2, -0.15) is 0 Å². The van der Waals surface area contributed by atoms with E-state index in [0.29, 0.717) is 11.3 Å². The zero-order valence-electron chi connectivity index (χ0n) is 13.5. The molecular formula is C15H20N2O6. The molecule has 126 valence electrons. The number of non-ortho nitro benzene ring substituents is 1. The molecule has 0 bridgehead atoms. The SMILES string of the molecule is COC(=O)[C@@H](Cc1cc([N+](=O)[O-])ccc1OC)NC(=O)C(C)C. The summed E-state index contributed by atoms with van der Waals surface area (Å²) in [6.45, 7) is 3.38. The highest BCUT2D eigenvalue weighted by molar-refractivity contribution is 5.85. The van der Waals surface area contributed by atoms with E-state index in [1.807, 2.05) is 0 Å². The molecule has 1 N–H and O–H groups in total. The van der Waals surface area contributed by atoms with E-state index >= 15 is 0 Å². The van der Waals surface area contributed by atoms with E-state index in [1.165, 1.54) is 32.4 Å². The largest absolute Gasteiger partial charge is 0.496 e.